The summed E-state index contributed by atoms with van der Waals surface area (Å²) < 4.78 is 27.5. The minimum absolute atomic E-state index is 0. The van der Waals surface area contributed by atoms with Crippen LogP contribution in [0.5, 0.6) is 0 Å². The maximum Gasteiger partial charge on any atom is 0.191 e. The lowest BCUT2D eigenvalue weighted by molar-refractivity contribution is 0.157. The van der Waals surface area contributed by atoms with Gasteiger partial charge in [0.2, 0.25) is 0 Å². The number of aliphatic imine (C=N–C) groups is 1. The van der Waals surface area contributed by atoms with Crippen molar-refractivity contribution in [2.24, 2.45) is 4.99 Å². The Labute approximate surface area is 192 Å². The summed E-state index contributed by atoms with van der Waals surface area (Å²) in [5.41, 5.74) is 1.36. The second-order valence-electron chi connectivity index (χ2n) is 7.18. The molecular formula is C20H35IN4O3S. The highest BCUT2D eigenvalue weighted by atomic mass is 127. The fraction of sp³-hybridized carbons (Fsp3) is 0.650. The molecule has 1 aliphatic heterocycles. The van der Waals surface area contributed by atoms with Gasteiger partial charge in [0.25, 0.3) is 0 Å². The van der Waals surface area contributed by atoms with E-state index >= 15 is 0 Å². The van der Waals surface area contributed by atoms with Crippen LogP contribution in [0.4, 0.5) is 0 Å². The van der Waals surface area contributed by atoms with Crippen LogP contribution in [-0.2, 0) is 21.1 Å². The van der Waals surface area contributed by atoms with Crippen molar-refractivity contribution >= 4 is 39.8 Å². The van der Waals surface area contributed by atoms with E-state index in [1.165, 1.54) is 11.8 Å². The van der Waals surface area contributed by atoms with Crippen molar-refractivity contribution in [3.63, 3.8) is 0 Å². The number of hydrogen-bond acceptors (Lipinski definition) is 5. The zero-order chi connectivity index (χ0) is 20.2. The summed E-state index contributed by atoms with van der Waals surface area (Å²) in [6, 6.07) is 11.0. The summed E-state index contributed by atoms with van der Waals surface area (Å²) in [6.07, 6.45) is 3.39. The Morgan fingerprint density at radius 3 is 2.52 bits per heavy atom. The Bertz CT molecular complexity index is 693. The number of piperidine rings is 1. The van der Waals surface area contributed by atoms with Crippen LogP contribution in [0.1, 0.15) is 25.3 Å². The number of hydrogen-bond donors (Lipinski definition) is 2. The van der Waals surface area contributed by atoms with Crippen LogP contribution in [0.3, 0.4) is 0 Å². The van der Waals surface area contributed by atoms with Gasteiger partial charge in [-0.1, -0.05) is 30.3 Å². The summed E-state index contributed by atoms with van der Waals surface area (Å²) in [7, 11) is -2.97. The molecule has 29 heavy (non-hydrogen) atoms. The molecule has 0 bridgehead atoms. The smallest absolute Gasteiger partial charge is 0.191 e. The number of halogens is 1. The number of benzene rings is 1. The molecule has 1 aliphatic rings. The molecule has 0 atom stereocenters. The van der Waals surface area contributed by atoms with Crippen LogP contribution in [0.15, 0.2) is 35.3 Å². The lowest BCUT2D eigenvalue weighted by Crippen LogP contribution is -2.48. The van der Waals surface area contributed by atoms with Gasteiger partial charge < -0.3 is 15.4 Å². The van der Waals surface area contributed by atoms with Gasteiger partial charge >= 0.3 is 0 Å². The monoisotopic (exact) mass is 538 g/mol. The topological polar surface area (TPSA) is 83.0 Å². The van der Waals surface area contributed by atoms with E-state index < -0.39 is 9.84 Å². The van der Waals surface area contributed by atoms with E-state index in [0.717, 1.165) is 45.0 Å². The first kappa shape index (κ1) is 26.1. The van der Waals surface area contributed by atoms with Crippen LogP contribution in [0.25, 0.3) is 0 Å². The highest BCUT2D eigenvalue weighted by molar-refractivity contribution is 14.0. The summed E-state index contributed by atoms with van der Waals surface area (Å²) in [5.74, 6) is 0.854. The first-order chi connectivity index (χ1) is 13.5. The molecule has 9 heteroatoms. The quantitative estimate of drug-likeness (QED) is 0.205. The highest BCUT2D eigenvalue weighted by Crippen LogP contribution is 2.13. The van der Waals surface area contributed by atoms with E-state index in [4.69, 9.17) is 4.74 Å². The minimum Gasteiger partial charge on any atom is -0.378 e. The van der Waals surface area contributed by atoms with E-state index in [1.807, 2.05) is 6.92 Å². The molecule has 2 rings (SSSR count). The van der Waals surface area contributed by atoms with Gasteiger partial charge in [-0.15, -0.1) is 24.0 Å². The molecule has 0 amide bonds. The number of nitrogens with zero attached hydrogens (tertiary/aromatic N) is 2. The molecule has 0 aromatic heterocycles. The molecule has 1 aromatic carbocycles. The Morgan fingerprint density at radius 1 is 1.21 bits per heavy atom. The molecule has 2 N–H and O–H groups in total. The molecule has 166 valence electrons. The minimum atomic E-state index is -2.97. The third-order valence-electron chi connectivity index (χ3n) is 4.63. The van der Waals surface area contributed by atoms with E-state index in [0.29, 0.717) is 19.2 Å². The number of sulfone groups is 1. The number of rotatable bonds is 10. The summed E-state index contributed by atoms with van der Waals surface area (Å²) >= 11 is 0. The first-order valence-corrected chi connectivity index (χ1v) is 12.1. The van der Waals surface area contributed by atoms with Crippen LogP contribution >= 0.6 is 24.0 Å². The van der Waals surface area contributed by atoms with Gasteiger partial charge in [0.15, 0.2) is 5.96 Å². The third-order valence-corrected chi connectivity index (χ3v) is 5.53. The average Bonchev–Trinajstić information content (AvgIpc) is 2.66. The molecule has 1 heterocycles. The maximum absolute atomic E-state index is 11.1. The SMILES string of the molecule is CCNC(=NCCOCCS(C)(=O)=O)NC1CCN(Cc2ccccc2)CC1.I. The predicted molar refractivity (Wildman–Crippen MR) is 130 cm³/mol. The van der Waals surface area contributed by atoms with Crippen molar-refractivity contribution in [3.05, 3.63) is 35.9 Å². The Balaban J connectivity index is 0.00000420. The summed E-state index contributed by atoms with van der Waals surface area (Å²) in [5, 5.41) is 6.79. The zero-order valence-corrected chi connectivity index (χ0v) is 20.6. The van der Waals surface area contributed by atoms with Crippen LogP contribution in [0, 0.1) is 0 Å². The maximum atomic E-state index is 11.1. The van der Waals surface area contributed by atoms with E-state index in [2.05, 4.69) is 50.9 Å². The fourth-order valence-electron chi connectivity index (χ4n) is 3.12. The normalized spacial score (nSPS) is 16.3. The Kier molecular flexibility index (Phi) is 12.8. The molecule has 1 saturated heterocycles. The predicted octanol–water partition coefficient (Wildman–Crippen LogP) is 1.89. The second kappa shape index (κ2) is 14.2. The van der Waals surface area contributed by atoms with E-state index in [9.17, 15) is 8.42 Å². The molecule has 0 radical (unpaired) electrons. The van der Waals surface area contributed by atoms with Crippen molar-refractivity contribution in [2.45, 2.75) is 32.4 Å². The molecule has 0 unspecified atom stereocenters. The van der Waals surface area contributed by atoms with E-state index in [-0.39, 0.29) is 36.3 Å². The van der Waals surface area contributed by atoms with Crippen molar-refractivity contribution in [2.75, 3.05) is 51.4 Å². The van der Waals surface area contributed by atoms with Gasteiger partial charge in [-0.25, -0.2) is 8.42 Å². The second-order valence-corrected chi connectivity index (χ2v) is 9.44. The van der Waals surface area contributed by atoms with E-state index in [1.54, 1.807) is 0 Å². The van der Waals surface area contributed by atoms with Gasteiger partial charge in [0, 0.05) is 38.5 Å². The molecule has 1 aromatic rings. The number of guanidine groups is 1. The molecule has 1 fully saturated rings. The van der Waals surface area contributed by atoms with Gasteiger partial charge in [-0.3, -0.25) is 9.89 Å². The third kappa shape index (κ3) is 11.8. The Morgan fingerprint density at radius 2 is 1.90 bits per heavy atom. The van der Waals surface area contributed by atoms with Crippen molar-refractivity contribution in [1.29, 1.82) is 0 Å². The standard InChI is InChI=1S/C20H34N4O3S.HI/c1-3-21-20(22-11-14-27-15-16-28(2,25)26)23-19-9-12-24(13-10-19)17-18-7-5-4-6-8-18;/h4-8,19H,3,9-17H2,1-2H3,(H2,21,22,23);1H. The number of likely N-dealkylation sites (tertiary alicyclic amines) is 1. The number of ether oxygens (including phenoxy) is 1. The molecule has 7 nitrogen and oxygen atoms in total. The lowest BCUT2D eigenvalue weighted by Gasteiger charge is -2.33. The van der Waals surface area contributed by atoms with Gasteiger partial charge in [0.05, 0.1) is 25.5 Å². The van der Waals surface area contributed by atoms with Gasteiger partial charge in [0.1, 0.15) is 9.84 Å². The molecule has 0 aliphatic carbocycles. The number of nitrogens with one attached hydrogen (secondary N) is 2. The van der Waals surface area contributed by atoms with Crippen LogP contribution in [0.2, 0.25) is 0 Å². The summed E-state index contributed by atoms with van der Waals surface area (Å²) in [6.45, 7) is 7.13. The average molecular weight is 538 g/mol. The zero-order valence-electron chi connectivity index (χ0n) is 17.5. The van der Waals surface area contributed by atoms with Crippen molar-refractivity contribution in [3.8, 4) is 0 Å². The summed E-state index contributed by atoms with van der Waals surface area (Å²) in [4.78, 5) is 7.03. The van der Waals surface area contributed by atoms with Crippen molar-refractivity contribution in [1.82, 2.24) is 15.5 Å². The highest BCUT2D eigenvalue weighted by Gasteiger charge is 2.19. The van der Waals surface area contributed by atoms with Crippen LogP contribution in [-0.4, -0.2) is 76.7 Å². The lowest BCUT2D eigenvalue weighted by atomic mass is 10.0. The van der Waals surface area contributed by atoms with Gasteiger partial charge in [-0.05, 0) is 25.3 Å². The largest absolute Gasteiger partial charge is 0.378 e. The molecule has 0 spiro atoms. The molecular weight excluding hydrogens is 503 g/mol. The fourth-order valence-corrected chi connectivity index (χ4v) is 3.55. The van der Waals surface area contributed by atoms with Crippen molar-refractivity contribution < 1.29 is 13.2 Å². The Hall–Kier alpha value is -0.910. The first-order valence-electron chi connectivity index (χ1n) is 10.0. The van der Waals surface area contributed by atoms with Gasteiger partial charge in [-0.2, -0.15) is 0 Å². The molecule has 0 saturated carbocycles. The van der Waals surface area contributed by atoms with Crippen LogP contribution < -0.4 is 10.6 Å².